The Balaban J connectivity index is 1.74. The molecule has 0 saturated carbocycles. The van der Waals surface area contributed by atoms with E-state index in [1.807, 2.05) is 54.3 Å². The number of hydrogen-bond donors (Lipinski definition) is 1. The SMILES string of the molecule is CC(O)C1CCN(C(=O)c2cccnc2Sc2ccccc2)CC1. The van der Waals surface area contributed by atoms with Crippen molar-refractivity contribution >= 4 is 17.7 Å². The van der Waals surface area contributed by atoms with Crippen molar-refractivity contribution in [1.82, 2.24) is 9.88 Å². The van der Waals surface area contributed by atoms with E-state index in [9.17, 15) is 9.90 Å². The van der Waals surface area contributed by atoms with Gasteiger partial charge in [-0.15, -0.1) is 0 Å². The molecule has 1 saturated heterocycles. The van der Waals surface area contributed by atoms with Crippen molar-refractivity contribution in [3.63, 3.8) is 0 Å². The van der Waals surface area contributed by atoms with Gasteiger partial charge in [-0.3, -0.25) is 4.79 Å². The van der Waals surface area contributed by atoms with Crippen LogP contribution in [-0.2, 0) is 0 Å². The van der Waals surface area contributed by atoms with Crippen LogP contribution in [0.5, 0.6) is 0 Å². The number of hydrogen-bond acceptors (Lipinski definition) is 4. The van der Waals surface area contributed by atoms with Crippen molar-refractivity contribution in [2.75, 3.05) is 13.1 Å². The number of carbonyl (C=O) groups excluding carboxylic acids is 1. The van der Waals surface area contributed by atoms with Gasteiger partial charge in [-0.05, 0) is 49.9 Å². The second-order valence-corrected chi connectivity index (χ2v) is 7.20. The minimum Gasteiger partial charge on any atom is -0.393 e. The summed E-state index contributed by atoms with van der Waals surface area (Å²) in [5, 5.41) is 10.5. The van der Waals surface area contributed by atoms with Gasteiger partial charge in [0.1, 0.15) is 5.03 Å². The Morgan fingerprint density at radius 2 is 1.92 bits per heavy atom. The number of carbonyl (C=O) groups is 1. The molecule has 1 aromatic heterocycles. The average molecular weight is 342 g/mol. The van der Waals surface area contributed by atoms with Gasteiger partial charge in [-0.1, -0.05) is 30.0 Å². The Labute approximate surface area is 146 Å². The van der Waals surface area contributed by atoms with Crippen LogP contribution in [0.15, 0.2) is 58.6 Å². The quantitative estimate of drug-likeness (QED) is 0.924. The lowest BCUT2D eigenvalue weighted by Crippen LogP contribution is -2.41. The van der Waals surface area contributed by atoms with Gasteiger partial charge < -0.3 is 10.0 Å². The predicted molar refractivity (Wildman–Crippen MR) is 95.1 cm³/mol. The zero-order chi connectivity index (χ0) is 16.9. The fourth-order valence-electron chi connectivity index (χ4n) is 2.99. The van der Waals surface area contributed by atoms with Crippen LogP contribution in [0.2, 0.25) is 0 Å². The van der Waals surface area contributed by atoms with Crippen molar-refractivity contribution in [3.05, 3.63) is 54.2 Å². The van der Waals surface area contributed by atoms with Crippen molar-refractivity contribution in [3.8, 4) is 0 Å². The number of aliphatic hydroxyl groups excluding tert-OH is 1. The molecule has 126 valence electrons. The first-order chi connectivity index (χ1) is 11.6. The topological polar surface area (TPSA) is 53.4 Å². The molecule has 4 nitrogen and oxygen atoms in total. The highest BCUT2D eigenvalue weighted by atomic mass is 32.2. The van der Waals surface area contributed by atoms with E-state index in [1.54, 1.807) is 6.20 Å². The molecule has 0 radical (unpaired) electrons. The molecule has 0 aliphatic carbocycles. The van der Waals surface area contributed by atoms with E-state index >= 15 is 0 Å². The maximum Gasteiger partial charge on any atom is 0.256 e. The Morgan fingerprint density at radius 3 is 2.58 bits per heavy atom. The smallest absolute Gasteiger partial charge is 0.256 e. The van der Waals surface area contributed by atoms with E-state index in [0.29, 0.717) is 24.6 Å². The van der Waals surface area contributed by atoms with Gasteiger partial charge in [0, 0.05) is 24.2 Å². The molecular formula is C19H22N2O2S. The summed E-state index contributed by atoms with van der Waals surface area (Å²) in [7, 11) is 0. The maximum absolute atomic E-state index is 12.9. The van der Waals surface area contributed by atoms with Crippen LogP contribution in [0.3, 0.4) is 0 Å². The Bertz CT molecular complexity index is 683. The first-order valence-corrected chi connectivity index (χ1v) is 9.12. The van der Waals surface area contributed by atoms with Gasteiger partial charge in [0.05, 0.1) is 11.7 Å². The Kier molecular flexibility index (Phi) is 5.53. The average Bonchev–Trinajstić information content (AvgIpc) is 2.62. The summed E-state index contributed by atoms with van der Waals surface area (Å²) in [5.41, 5.74) is 0.654. The number of aromatic nitrogens is 1. The van der Waals surface area contributed by atoms with Crippen LogP contribution >= 0.6 is 11.8 Å². The molecule has 1 aliphatic heterocycles. The van der Waals surface area contributed by atoms with Gasteiger partial charge in [0.15, 0.2) is 0 Å². The largest absolute Gasteiger partial charge is 0.393 e. The predicted octanol–water partition coefficient (Wildman–Crippen LogP) is 3.47. The highest BCUT2D eigenvalue weighted by Crippen LogP contribution is 2.30. The first kappa shape index (κ1) is 17.0. The van der Waals surface area contributed by atoms with Crippen LogP contribution < -0.4 is 0 Å². The molecule has 1 aromatic carbocycles. The van der Waals surface area contributed by atoms with E-state index in [0.717, 1.165) is 22.8 Å². The molecular weight excluding hydrogens is 320 g/mol. The zero-order valence-corrected chi connectivity index (χ0v) is 14.6. The van der Waals surface area contributed by atoms with Crippen molar-refractivity contribution in [2.24, 2.45) is 5.92 Å². The molecule has 1 atom stereocenters. The van der Waals surface area contributed by atoms with E-state index in [4.69, 9.17) is 0 Å². The molecule has 2 aromatic rings. The van der Waals surface area contributed by atoms with E-state index in [1.165, 1.54) is 11.8 Å². The van der Waals surface area contributed by atoms with Crippen LogP contribution in [0.4, 0.5) is 0 Å². The maximum atomic E-state index is 12.9. The number of amides is 1. The highest BCUT2D eigenvalue weighted by Gasteiger charge is 2.27. The van der Waals surface area contributed by atoms with Gasteiger partial charge >= 0.3 is 0 Å². The lowest BCUT2D eigenvalue weighted by Gasteiger charge is -2.33. The van der Waals surface area contributed by atoms with Crippen molar-refractivity contribution in [2.45, 2.75) is 35.8 Å². The number of benzene rings is 1. The standard InChI is InChI=1S/C19H22N2O2S/c1-14(22)15-9-12-21(13-10-15)19(23)17-8-5-11-20-18(17)24-16-6-3-2-4-7-16/h2-8,11,14-15,22H,9-10,12-13H2,1H3. The number of pyridine rings is 1. The van der Waals surface area contributed by atoms with Gasteiger partial charge in [0.25, 0.3) is 5.91 Å². The molecule has 1 unspecified atom stereocenters. The van der Waals surface area contributed by atoms with Gasteiger partial charge in [0.2, 0.25) is 0 Å². The monoisotopic (exact) mass is 342 g/mol. The summed E-state index contributed by atoms with van der Waals surface area (Å²) in [6, 6.07) is 13.6. The minimum absolute atomic E-state index is 0.0329. The second kappa shape index (κ2) is 7.81. The number of piperidine rings is 1. The third-order valence-corrected chi connectivity index (χ3v) is 5.49. The number of rotatable bonds is 4. The highest BCUT2D eigenvalue weighted by molar-refractivity contribution is 7.99. The van der Waals surface area contributed by atoms with Crippen LogP contribution in [0.1, 0.15) is 30.1 Å². The van der Waals surface area contributed by atoms with Crippen LogP contribution in [-0.4, -0.2) is 40.1 Å². The number of nitrogens with zero attached hydrogens (tertiary/aromatic N) is 2. The first-order valence-electron chi connectivity index (χ1n) is 8.30. The Hall–Kier alpha value is -1.85. The van der Waals surface area contributed by atoms with Gasteiger partial charge in [-0.25, -0.2) is 4.98 Å². The summed E-state index contributed by atoms with van der Waals surface area (Å²) in [6.07, 6.45) is 3.13. The van der Waals surface area contributed by atoms with Crippen molar-refractivity contribution < 1.29 is 9.90 Å². The summed E-state index contributed by atoms with van der Waals surface area (Å²) in [4.78, 5) is 20.3. The molecule has 0 bridgehead atoms. The molecule has 1 fully saturated rings. The zero-order valence-electron chi connectivity index (χ0n) is 13.8. The van der Waals surface area contributed by atoms with Crippen molar-refractivity contribution in [1.29, 1.82) is 0 Å². The van der Waals surface area contributed by atoms with E-state index in [2.05, 4.69) is 4.98 Å². The summed E-state index contributed by atoms with van der Waals surface area (Å²) >= 11 is 1.51. The lowest BCUT2D eigenvalue weighted by atomic mass is 9.92. The summed E-state index contributed by atoms with van der Waals surface area (Å²) in [6.45, 7) is 3.22. The molecule has 24 heavy (non-hydrogen) atoms. The molecule has 3 rings (SSSR count). The fraction of sp³-hybridized carbons (Fsp3) is 0.368. The third-order valence-electron chi connectivity index (χ3n) is 4.47. The molecule has 5 heteroatoms. The summed E-state index contributed by atoms with van der Waals surface area (Å²) in [5.74, 6) is 0.326. The molecule has 1 N–H and O–H groups in total. The Morgan fingerprint density at radius 1 is 1.21 bits per heavy atom. The number of aliphatic hydroxyl groups is 1. The van der Waals surface area contributed by atoms with Gasteiger partial charge in [-0.2, -0.15) is 0 Å². The molecule has 0 spiro atoms. The lowest BCUT2D eigenvalue weighted by molar-refractivity contribution is 0.0518. The third kappa shape index (κ3) is 3.97. The fourth-order valence-corrected chi connectivity index (χ4v) is 3.89. The van der Waals surface area contributed by atoms with E-state index < -0.39 is 0 Å². The summed E-state index contributed by atoms with van der Waals surface area (Å²) < 4.78 is 0. The second-order valence-electron chi connectivity index (χ2n) is 6.14. The number of likely N-dealkylation sites (tertiary alicyclic amines) is 1. The molecule has 1 amide bonds. The van der Waals surface area contributed by atoms with Crippen LogP contribution in [0.25, 0.3) is 0 Å². The minimum atomic E-state index is -0.301. The van der Waals surface area contributed by atoms with Crippen LogP contribution in [0, 0.1) is 5.92 Å². The normalized spacial score (nSPS) is 16.8. The van der Waals surface area contributed by atoms with E-state index in [-0.39, 0.29) is 12.0 Å². The molecule has 2 heterocycles. The molecule has 1 aliphatic rings.